The van der Waals surface area contributed by atoms with Crippen molar-refractivity contribution in [3.63, 3.8) is 0 Å². The van der Waals surface area contributed by atoms with Gasteiger partial charge in [0.15, 0.2) is 0 Å². The van der Waals surface area contributed by atoms with Gasteiger partial charge in [-0.15, -0.1) is 0 Å². The normalized spacial score (nSPS) is 23.3. The first kappa shape index (κ1) is 11.0. The molecule has 1 unspecified atom stereocenters. The monoisotopic (exact) mass is 184 g/mol. The van der Waals surface area contributed by atoms with Gasteiger partial charge in [-0.2, -0.15) is 0 Å². The molecule has 0 aromatic rings. The van der Waals surface area contributed by atoms with Crippen LogP contribution >= 0.6 is 0 Å². The highest BCUT2D eigenvalue weighted by atomic mass is 15.2. The van der Waals surface area contributed by atoms with Crippen LogP contribution in [-0.2, 0) is 0 Å². The molecule has 0 saturated carbocycles. The first-order chi connectivity index (χ1) is 6.24. The second-order valence-corrected chi connectivity index (χ2v) is 4.38. The van der Waals surface area contributed by atoms with Crippen LogP contribution in [0.2, 0.25) is 0 Å². The number of rotatable bonds is 5. The number of hydrogen-bond acceptors (Lipinski definition) is 2. The molecule has 0 spiro atoms. The third-order valence-corrected chi connectivity index (χ3v) is 2.86. The van der Waals surface area contributed by atoms with Crippen molar-refractivity contribution < 1.29 is 0 Å². The molecule has 1 aliphatic heterocycles. The van der Waals surface area contributed by atoms with E-state index in [2.05, 4.69) is 31.0 Å². The first-order valence-electron chi connectivity index (χ1n) is 5.71. The number of nitrogens with one attached hydrogen (secondary N) is 1. The minimum absolute atomic E-state index is 0.697. The van der Waals surface area contributed by atoms with Gasteiger partial charge in [-0.1, -0.05) is 6.92 Å². The molecule has 1 rings (SSSR count). The summed E-state index contributed by atoms with van der Waals surface area (Å²) in [6, 6.07) is 1.45. The standard InChI is InChI=1S/C11H24N2/c1-4-8-13(10(2)3)9-11-6-5-7-12-11/h10-12H,4-9H2,1-3H3. The zero-order valence-electron chi connectivity index (χ0n) is 9.34. The van der Waals surface area contributed by atoms with Crippen molar-refractivity contribution in [2.24, 2.45) is 0 Å². The van der Waals surface area contributed by atoms with E-state index in [-0.39, 0.29) is 0 Å². The molecule has 2 heteroatoms. The summed E-state index contributed by atoms with van der Waals surface area (Å²) in [6.07, 6.45) is 4.00. The Morgan fingerprint density at radius 1 is 1.46 bits per heavy atom. The molecule has 0 bridgehead atoms. The first-order valence-corrected chi connectivity index (χ1v) is 5.71. The molecule has 0 aliphatic carbocycles. The summed E-state index contributed by atoms with van der Waals surface area (Å²) >= 11 is 0. The van der Waals surface area contributed by atoms with Gasteiger partial charge in [0.1, 0.15) is 0 Å². The van der Waals surface area contributed by atoms with Crippen molar-refractivity contribution in [1.29, 1.82) is 0 Å². The Balaban J connectivity index is 2.27. The van der Waals surface area contributed by atoms with E-state index in [0.717, 1.165) is 6.04 Å². The third-order valence-electron chi connectivity index (χ3n) is 2.86. The lowest BCUT2D eigenvalue weighted by atomic mass is 10.2. The second kappa shape index (κ2) is 5.61. The molecular weight excluding hydrogens is 160 g/mol. The van der Waals surface area contributed by atoms with Crippen LogP contribution in [0, 0.1) is 0 Å². The SMILES string of the molecule is CCCN(CC1CCCN1)C(C)C. The van der Waals surface area contributed by atoms with E-state index in [1.165, 1.54) is 38.9 Å². The summed E-state index contributed by atoms with van der Waals surface area (Å²) in [5.74, 6) is 0. The summed E-state index contributed by atoms with van der Waals surface area (Å²) in [6.45, 7) is 10.6. The molecule has 0 amide bonds. The van der Waals surface area contributed by atoms with E-state index >= 15 is 0 Å². The van der Waals surface area contributed by atoms with Crippen LogP contribution in [0.15, 0.2) is 0 Å². The lowest BCUT2D eigenvalue weighted by Crippen LogP contribution is -2.41. The summed E-state index contributed by atoms with van der Waals surface area (Å²) in [5, 5.41) is 3.56. The van der Waals surface area contributed by atoms with Gasteiger partial charge in [-0.05, 0) is 46.2 Å². The van der Waals surface area contributed by atoms with E-state index in [1.54, 1.807) is 0 Å². The molecule has 1 heterocycles. The zero-order chi connectivity index (χ0) is 9.68. The second-order valence-electron chi connectivity index (χ2n) is 4.38. The van der Waals surface area contributed by atoms with Crippen LogP contribution in [0.3, 0.4) is 0 Å². The number of nitrogens with zero attached hydrogens (tertiary/aromatic N) is 1. The van der Waals surface area contributed by atoms with Gasteiger partial charge in [0, 0.05) is 18.6 Å². The highest BCUT2D eigenvalue weighted by Crippen LogP contribution is 2.09. The minimum Gasteiger partial charge on any atom is -0.313 e. The van der Waals surface area contributed by atoms with Crippen LogP contribution in [0.1, 0.15) is 40.0 Å². The lowest BCUT2D eigenvalue weighted by Gasteiger charge is -2.28. The van der Waals surface area contributed by atoms with Gasteiger partial charge in [0.25, 0.3) is 0 Å². The molecule has 0 aromatic heterocycles. The molecular formula is C11H24N2. The van der Waals surface area contributed by atoms with Crippen LogP contribution in [-0.4, -0.2) is 36.6 Å². The van der Waals surface area contributed by atoms with E-state index < -0.39 is 0 Å². The largest absolute Gasteiger partial charge is 0.313 e. The quantitative estimate of drug-likeness (QED) is 0.701. The van der Waals surface area contributed by atoms with E-state index in [4.69, 9.17) is 0 Å². The van der Waals surface area contributed by atoms with Crippen molar-refractivity contribution in [1.82, 2.24) is 10.2 Å². The predicted octanol–water partition coefficient (Wildman–Crippen LogP) is 1.86. The smallest absolute Gasteiger partial charge is 0.0195 e. The topological polar surface area (TPSA) is 15.3 Å². The van der Waals surface area contributed by atoms with Crippen LogP contribution < -0.4 is 5.32 Å². The van der Waals surface area contributed by atoms with Gasteiger partial charge in [0.2, 0.25) is 0 Å². The molecule has 13 heavy (non-hydrogen) atoms. The molecule has 0 radical (unpaired) electrons. The average Bonchev–Trinajstić information content (AvgIpc) is 2.56. The van der Waals surface area contributed by atoms with Crippen molar-refractivity contribution in [3.05, 3.63) is 0 Å². The molecule has 1 fully saturated rings. The Labute approximate surface area is 82.7 Å². The summed E-state index contributed by atoms with van der Waals surface area (Å²) in [5.41, 5.74) is 0. The fourth-order valence-corrected chi connectivity index (χ4v) is 2.04. The van der Waals surface area contributed by atoms with Gasteiger partial charge in [-0.3, -0.25) is 4.90 Å². The predicted molar refractivity (Wildman–Crippen MR) is 58.0 cm³/mol. The lowest BCUT2D eigenvalue weighted by molar-refractivity contribution is 0.203. The van der Waals surface area contributed by atoms with Gasteiger partial charge >= 0.3 is 0 Å². The number of hydrogen-bond donors (Lipinski definition) is 1. The zero-order valence-corrected chi connectivity index (χ0v) is 9.34. The molecule has 1 saturated heterocycles. The Morgan fingerprint density at radius 3 is 2.69 bits per heavy atom. The van der Waals surface area contributed by atoms with Crippen molar-refractivity contribution in [2.45, 2.75) is 52.1 Å². The van der Waals surface area contributed by atoms with Crippen molar-refractivity contribution in [3.8, 4) is 0 Å². The summed E-state index contributed by atoms with van der Waals surface area (Å²) in [4.78, 5) is 2.59. The Bertz CT molecular complexity index is 128. The summed E-state index contributed by atoms with van der Waals surface area (Å²) in [7, 11) is 0. The summed E-state index contributed by atoms with van der Waals surface area (Å²) < 4.78 is 0. The van der Waals surface area contributed by atoms with E-state index in [1.807, 2.05) is 0 Å². The van der Waals surface area contributed by atoms with E-state index in [9.17, 15) is 0 Å². The van der Waals surface area contributed by atoms with Gasteiger partial charge < -0.3 is 5.32 Å². The third kappa shape index (κ3) is 3.65. The van der Waals surface area contributed by atoms with Crippen LogP contribution in [0.25, 0.3) is 0 Å². The fourth-order valence-electron chi connectivity index (χ4n) is 2.04. The molecule has 1 N–H and O–H groups in total. The average molecular weight is 184 g/mol. The molecule has 1 atom stereocenters. The Hall–Kier alpha value is -0.0800. The van der Waals surface area contributed by atoms with E-state index in [0.29, 0.717) is 6.04 Å². The van der Waals surface area contributed by atoms with Crippen molar-refractivity contribution in [2.75, 3.05) is 19.6 Å². The maximum Gasteiger partial charge on any atom is 0.0195 e. The maximum absolute atomic E-state index is 3.56. The highest BCUT2D eigenvalue weighted by Gasteiger charge is 2.18. The minimum atomic E-state index is 0.697. The maximum atomic E-state index is 3.56. The fraction of sp³-hybridized carbons (Fsp3) is 1.00. The Morgan fingerprint density at radius 2 is 2.23 bits per heavy atom. The molecule has 1 aliphatic rings. The van der Waals surface area contributed by atoms with Crippen molar-refractivity contribution >= 4 is 0 Å². The molecule has 78 valence electrons. The van der Waals surface area contributed by atoms with Gasteiger partial charge in [-0.25, -0.2) is 0 Å². The Kier molecular flexibility index (Phi) is 4.74. The van der Waals surface area contributed by atoms with Crippen LogP contribution in [0.5, 0.6) is 0 Å². The molecule has 2 nitrogen and oxygen atoms in total. The van der Waals surface area contributed by atoms with Gasteiger partial charge in [0.05, 0.1) is 0 Å². The molecule has 0 aromatic carbocycles. The highest BCUT2D eigenvalue weighted by molar-refractivity contribution is 4.78. The van der Waals surface area contributed by atoms with Crippen LogP contribution in [0.4, 0.5) is 0 Å².